The highest BCUT2D eigenvalue weighted by Crippen LogP contribution is 2.31. The minimum absolute atomic E-state index is 0.0505. The van der Waals surface area contributed by atoms with E-state index in [4.69, 9.17) is 9.26 Å². The van der Waals surface area contributed by atoms with Gasteiger partial charge in [0.1, 0.15) is 0 Å². The Morgan fingerprint density at radius 3 is 2.50 bits per heavy atom. The van der Waals surface area contributed by atoms with Gasteiger partial charge in [0.05, 0.1) is 12.0 Å². The molecule has 1 N–H and O–H groups in total. The van der Waals surface area contributed by atoms with Gasteiger partial charge >= 0.3 is 5.97 Å². The van der Waals surface area contributed by atoms with Crippen LogP contribution in [0.2, 0.25) is 0 Å². The molecule has 0 aliphatic rings. The van der Waals surface area contributed by atoms with E-state index in [2.05, 4.69) is 29.2 Å². The lowest BCUT2D eigenvalue weighted by Gasteiger charge is -2.17. The van der Waals surface area contributed by atoms with Gasteiger partial charge < -0.3 is 19.5 Å². The number of benzene rings is 1. The summed E-state index contributed by atoms with van der Waals surface area (Å²) >= 11 is 0. The molecule has 0 spiro atoms. The molecule has 0 aliphatic carbocycles. The molecule has 0 aliphatic heterocycles. The summed E-state index contributed by atoms with van der Waals surface area (Å²) in [5, 5.41) is 17.8. The predicted octanol–water partition coefficient (Wildman–Crippen LogP) is 2.79. The third-order valence-corrected chi connectivity index (χ3v) is 4.04. The number of nitrogens with zero attached hydrogens (tertiary/aromatic N) is 3. The van der Waals surface area contributed by atoms with Crippen molar-refractivity contribution in [2.75, 3.05) is 38.6 Å². The Balaban J connectivity index is 2.25. The van der Waals surface area contributed by atoms with Crippen LogP contribution < -0.4 is 5.32 Å². The van der Waals surface area contributed by atoms with Gasteiger partial charge in [-0.1, -0.05) is 19.0 Å². The minimum Gasteiger partial charge on any atom is -0.465 e. The van der Waals surface area contributed by atoms with Crippen LogP contribution in [0.25, 0.3) is 11.3 Å². The highest BCUT2D eigenvalue weighted by Gasteiger charge is 2.25. The van der Waals surface area contributed by atoms with Crippen LogP contribution in [-0.4, -0.2) is 54.2 Å². The summed E-state index contributed by atoms with van der Waals surface area (Å²) in [6.07, 6.45) is 0. The Morgan fingerprint density at radius 2 is 1.96 bits per heavy atom. The monoisotopic (exact) mass is 362 g/mol. The molecule has 26 heavy (non-hydrogen) atoms. The van der Waals surface area contributed by atoms with Crippen LogP contribution in [0, 0.1) is 10.1 Å². The molecule has 0 unspecified atom stereocenters. The molecule has 2 rings (SSSR count). The van der Waals surface area contributed by atoms with Crippen LogP contribution >= 0.6 is 0 Å². The first kappa shape index (κ1) is 19.4. The Hall–Kier alpha value is -2.94. The highest BCUT2D eigenvalue weighted by molar-refractivity contribution is 6.00. The number of hydrogen-bond donors (Lipinski definition) is 1. The number of esters is 1. The number of carbonyl (C=O) groups is 1. The van der Waals surface area contributed by atoms with Crippen molar-refractivity contribution in [2.45, 2.75) is 13.8 Å². The summed E-state index contributed by atoms with van der Waals surface area (Å²) in [5.74, 6) is -0.0978. The second-order valence-electron chi connectivity index (χ2n) is 5.48. The largest absolute Gasteiger partial charge is 0.465 e. The van der Waals surface area contributed by atoms with E-state index in [0.29, 0.717) is 12.1 Å². The van der Waals surface area contributed by atoms with Gasteiger partial charge in [0.15, 0.2) is 17.1 Å². The van der Waals surface area contributed by atoms with Crippen LogP contribution in [0.4, 0.5) is 11.5 Å². The number of aromatic nitrogens is 1. The van der Waals surface area contributed by atoms with E-state index >= 15 is 0 Å². The van der Waals surface area contributed by atoms with Gasteiger partial charge in [-0.2, -0.15) is 0 Å². The van der Waals surface area contributed by atoms with E-state index in [9.17, 15) is 14.9 Å². The minimum atomic E-state index is -0.593. The number of non-ortho nitro benzene ring substituents is 1. The molecule has 2 aromatic rings. The predicted molar refractivity (Wildman–Crippen MR) is 96.2 cm³/mol. The molecule has 140 valence electrons. The first-order valence-corrected chi connectivity index (χ1v) is 8.30. The smallest absolute Gasteiger partial charge is 0.345 e. The molecule has 1 aromatic carbocycles. The van der Waals surface area contributed by atoms with Crippen molar-refractivity contribution in [3.05, 3.63) is 39.9 Å². The fourth-order valence-electron chi connectivity index (χ4n) is 2.51. The summed E-state index contributed by atoms with van der Waals surface area (Å²) < 4.78 is 10.2. The Kier molecular flexibility index (Phi) is 6.67. The maximum atomic E-state index is 12.2. The number of methoxy groups -OCH3 is 1. The summed E-state index contributed by atoms with van der Waals surface area (Å²) in [5.41, 5.74) is 0.617. The summed E-state index contributed by atoms with van der Waals surface area (Å²) in [4.78, 5) is 24.7. The topological polar surface area (TPSA) is 111 Å². The third-order valence-electron chi connectivity index (χ3n) is 4.04. The molecule has 0 fully saturated rings. The van der Waals surface area contributed by atoms with Gasteiger partial charge in [-0.15, -0.1) is 0 Å². The van der Waals surface area contributed by atoms with Crippen LogP contribution in [0.5, 0.6) is 0 Å². The zero-order valence-corrected chi connectivity index (χ0v) is 15.0. The van der Waals surface area contributed by atoms with Crippen molar-refractivity contribution < 1.29 is 19.0 Å². The molecule has 1 aromatic heterocycles. The lowest BCUT2D eigenvalue weighted by Crippen LogP contribution is -2.29. The molecule has 0 saturated heterocycles. The Bertz CT molecular complexity index is 753. The number of carbonyl (C=O) groups excluding carboxylic acids is 1. The Morgan fingerprint density at radius 1 is 1.31 bits per heavy atom. The van der Waals surface area contributed by atoms with Gasteiger partial charge in [0.2, 0.25) is 0 Å². The maximum absolute atomic E-state index is 12.2. The summed E-state index contributed by atoms with van der Waals surface area (Å²) in [7, 11) is 1.27. The number of anilines is 1. The fraction of sp³-hybridized carbons (Fsp3) is 0.412. The number of rotatable bonds is 9. The van der Waals surface area contributed by atoms with Gasteiger partial charge in [-0.05, 0) is 25.2 Å². The molecule has 1 heterocycles. The van der Waals surface area contributed by atoms with Crippen molar-refractivity contribution in [1.82, 2.24) is 10.1 Å². The molecule has 9 nitrogen and oxygen atoms in total. The van der Waals surface area contributed by atoms with Gasteiger partial charge in [0, 0.05) is 30.8 Å². The maximum Gasteiger partial charge on any atom is 0.345 e. The number of nitrogens with one attached hydrogen (secondary N) is 1. The first-order valence-electron chi connectivity index (χ1n) is 8.30. The van der Waals surface area contributed by atoms with E-state index in [0.717, 1.165) is 19.6 Å². The molecule has 0 saturated carbocycles. The van der Waals surface area contributed by atoms with Crippen molar-refractivity contribution in [3.63, 3.8) is 0 Å². The van der Waals surface area contributed by atoms with Gasteiger partial charge in [-0.3, -0.25) is 10.1 Å². The molecule has 0 bridgehead atoms. The van der Waals surface area contributed by atoms with Crippen LogP contribution in [0.3, 0.4) is 0 Å². The standard InChI is InChI=1S/C17H22N4O5/c1-4-20(5-2)11-10-18-16-14(17(22)25-3)15(26-19-16)12-6-8-13(9-7-12)21(23)24/h6-9H,4-5,10-11H2,1-3H3,(H,18,19). The highest BCUT2D eigenvalue weighted by atomic mass is 16.6. The Labute approximate surface area is 151 Å². The number of nitro groups is 1. The lowest BCUT2D eigenvalue weighted by molar-refractivity contribution is -0.384. The van der Waals surface area contributed by atoms with Crippen LogP contribution in [-0.2, 0) is 4.74 Å². The number of likely N-dealkylation sites (N-methyl/N-ethyl adjacent to an activating group) is 1. The van der Waals surface area contributed by atoms with E-state index in [1.54, 1.807) is 0 Å². The SMILES string of the molecule is CCN(CC)CCNc1noc(-c2ccc([N+](=O)[O-])cc2)c1C(=O)OC. The molecule has 0 atom stereocenters. The average molecular weight is 362 g/mol. The van der Waals surface area contributed by atoms with Crippen molar-refractivity contribution in [1.29, 1.82) is 0 Å². The zero-order valence-electron chi connectivity index (χ0n) is 15.0. The van der Waals surface area contributed by atoms with Crippen molar-refractivity contribution in [3.8, 4) is 11.3 Å². The van der Waals surface area contributed by atoms with Gasteiger partial charge in [0.25, 0.3) is 5.69 Å². The van der Waals surface area contributed by atoms with E-state index < -0.39 is 10.9 Å². The van der Waals surface area contributed by atoms with E-state index in [1.807, 2.05) is 0 Å². The summed E-state index contributed by atoms with van der Waals surface area (Å²) in [6, 6.07) is 5.69. The molecule has 0 radical (unpaired) electrons. The molecular weight excluding hydrogens is 340 g/mol. The lowest BCUT2D eigenvalue weighted by atomic mass is 10.1. The van der Waals surface area contributed by atoms with E-state index in [-0.39, 0.29) is 22.8 Å². The van der Waals surface area contributed by atoms with Gasteiger partial charge in [-0.25, -0.2) is 4.79 Å². The second-order valence-corrected chi connectivity index (χ2v) is 5.48. The number of hydrogen-bond acceptors (Lipinski definition) is 8. The molecule has 0 amide bonds. The normalized spacial score (nSPS) is 10.8. The average Bonchev–Trinajstić information content (AvgIpc) is 3.08. The van der Waals surface area contributed by atoms with E-state index in [1.165, 1.54) is 31.4 Å². The van der Waals surface area contributed by atoms with Crippen molar-refractivity contribution in [2.24, 2.45) is 0 Å². The molecule has 9 heteroatoms. The third kappa shape index (κ3) is 4.37. The summed E-state index contributed by atoms with van der Waals surface area (Å²) in [6.45, 7) is 7.37. The quantitative estimate of drug-likeness (QED) is 0.412. The zero-order chi connectivity index (χ0) is 19.1. The fourth-order valence-corrected chi connectivity index (χ4v) is 2.51. The first-order chi connectivity index (χ1) is 12.5. The number of nitro benzene ring substituents is 1. The number of ether oxygens (including phenoxy) is 1. The second kappa shape index (κ2) is 8.95. The van der Waals surface area contributed by atoms with Crippen molar-refractivity contribution >= 4 is 17.5 Å². The van der Waals surface area contributed by atoms with Crippen LogP contribution in [0.1, 0.15) is 24.2 Å². The van der Waals surface area contributed by atoms with Crippen LogP contribution in [0.15, 0.2) is 28.8 Å². The molecular formula is C17H22N4O5.